The van der Waals surface area contributed by atoms with E-state index in [4.69, 9.17) is 5.73 Å². The van der Waals surface area contributed by atoms with Gasteiger partial charge in [0, 0.05) is 11.0 Å². The fourth-order valence-corrected chi connectivity index (χ4v) is 0.748. The summed E-state index contributed by atoms with van der Waals surface area (Å²) < 4.78 is 0.728. The molecule has 0 aliphatic heterocycles. The third-order valence-corrected chi connectivity index (χ3v) is 1.52. The minimum atomic E-state index is -0.851. The Kier molecular flexibility index (Phi) is 5.33. The van der Waals surface area contributed by atoms with Crippen molar-refractivity contribution in [2.45, 2.75) is 13.0 Å². The van der Waals surface area contributed by atoms with Crippen LogP contribution in [0.25, 0.3) is 0 Å². The first-order chi connectivity index (χ1) is 5.93. The monoisotopic (exact) mass is 249 g/mol. The zero-order valence-electron chi connectivity index (χ0n) is 7.26. The minimum Gasteiger partial charge on any atom is -0.351 e. The van der Waals surface area contributed by atoms with Gasteiger partial charge in [0.25, 0.3) is 0 Å². The first-order valence-electron chi connectivity index (χ1n) is 3.60. The standard InChI is InChI=1S/C7H12BrN3O2/c1-4(8)3-10-5(2)6(12)11-7(9)13/h5,10H,1,3H2,2H3,(H3,9,11,12,13). The molecule has 1 unspecified atom stereocenters. The van der Waals surface area contributed by atoms with Crippen molar-refractivity contribution >= 4 is 27.9 Å². The fourth-order valence-electron chi connectivity index (χ4n) is 0.586. The lowest BCUT2D eigenvalue weighted by molar-refractivity contribution is -0.121. The molecule has 0 aliphatic rings. The van der Waals surface area contributed by atoms with Crippen molar-refractivity contribution in [2.24, 2.45) is 5.73 Å². The van der Waals surface area contributed by atoms with Crippen LogP contribution < -0.4 is 16.4 Å². The van der Waals surface area contributed by atoms with Crippen LogP contribution in [-0.4, -0.2) is 24.5 Å². The zero-order chi connectivity index (χ0) is 10.4. The highest BCUT2D eigenvalue weighted by atomic mass is 79.9. The van der Waals surface area contributed by atoms with Crippen molar-refractivity contribution in [1.82, 2.24) is 10.6 Å². The van der Waals surface area contributed by atoms with E-state index in [-0.39, 0.29) is 0 Å². The molecule has 6 heteroatoms. The number of primary amides is 1. The lowest BCUT2D eigenvalue weighted by Gasteiger charge is -2.11. The van der Waals surface area contributed by atoms with E-state index < -0.39 is 18.0 Å². The Morgan fingerprint density at radius 2 is 2.15 bits per heavy atom. The summed E-state index contributed by atoms with van der Waals surface area (Å²) in [5, 5.41) is 4.78. The maximum atomic E-state index is 11.0. The molecule has 0 aromatic heterocycles. The molecule has 0 spiro atoms. The van der Waals surface area contributed by atoms with Gasteiger partial charge in [-0.25, -0.2) is 4.79 Å². The van der Waals surface area contributed by atoms with Crippen molar-refractivity contribution in [3.8, 4) is 0 Å². The number of carbonyl (C=O) groups is 2. The Hall–Kier alpha value is -0.880. The quantitative estimate of drug-likeness (QED) is 0.660. The molecule has 0 rings (SSSR count). The van der Waals surface area contributed by atoms with Gasteiger partial charge in [0.05, 0.1) is 6.04 Å². The molecule has 0 aromatic carbocycles. The molecule has 0 fully saturated rings. The summed E-state index contributed by atoms with van der Waals surface area (Å²) in [7, 11) is 0. The van der Waals surface area contributed by atoms with Gasteiger partial charge in [0.15, 0.2) is 0 Å². The number of urea groups is 1. The van der Waals surface area contributed by atoms with Gasteiger partial charge in [-0.15, -0.1) is 0 Å². The molecule has 0 radical (unpaired) electrons. The molecule has 13 heavy (non-hydrogen) atoms. The van der Waals surface area contributed by atoms with E-state index in [0.29, 0.717) is 6.54 Å². The molecular weight excluding hydrogens is 238 g/mol. The number of nitrogens with two attached hydrogens (primary N) is 1. The summed E-state index contributed by atoms with van der Waals surface area (Å²) in [5.41, 5.74) is 4.76. The molecule has 0 bridgehead atoms. The van der Waals surface area contributed by atoms with E-state index in [9.17, 15) is 9.59 Å². The summed E-state index contributed by atoms with van der Waals surface area (Å²) in [6, 6.07) is -1.34. The van der Waals surface area contributed by atoms with Crippen LogP contribution in [0.15, 0.2) is 11.1 Å². The van der Waals surface area contributed by atoms with Crippen molar-refractivity contribution in [3.63, 3.8) is 0 Å². The Morgan fingerprint density at radius 1 is 1.62 bits per heavy atom. The summed E-state index contributed by atoms with van der Waals surface area (Å²) in [6.07, 6.45) is 0. The van der Waals surface area contributed by atoms with Crippen molar-refractivity contribution in [3.05, 3.63) is 11.1 Å². The van der Waals surface area contributed by atoms with Gasteiger partial charge >= 0.3 is 6.03 Å². The van der Waals surface area contributed by atoms with Gasteiger partial charge in [0.2, 0.25) is 5.91 Å². The van der Waals surface area contributed by atoms with Gasteiger partial charge in [-0.05, 0) is 6.92 Å². The molecule has 74 valence electrons. The normalized spacial score (nSPS) is 11.8. The number of carbonyl (C=O) groups excluding carboxylic acids is 2. The van der Waals surface area contributed by atoms with E-state index in [2.05, 4.69) is 27.8 Å². The van der Waals surface area contributed by atoms with Gasteiger partial charge < -0.3 is 11.1 Å². The average Bonchev–Trinajstić information content (AvgIpc) is 1.98. The Bertz CT molecular complexity index is 230. The number of hydrogen-bond acceptors (Lipinski definition) is 3. The van der Waals surface area contributed by atoms with E-state index in [0.717, 1.165) is 4.48 Å². The lowest BCUT2D eigenvalue weighted by Crippen LogP contribution is -2.46. The Balaban J connectivity index is 3.82. The predicted molar refractivity (Wildman–Crippen MR) is 53.3 cm³/mol. The van der Waals surface area contributed by atoms with Gasteiger partial charge in [-0.2, -0.15) is 0 Å². The molecule has 0 heterocycles. The van der Waals surface area contributed by atoms with Crippen LogP contribution in [0.4, 0.5) is 4.79 Å². The predicted octanol–water partition coefficient (Wildman–Crippen LogP) is 0.0680. The highest BCUT2D eigenvalue weighted by molar-refractivity contribution is 9.11. The highest BCUT2D eigenvalue weighted by Crippen LogP contribution is 1.97. The van der Waals surface area contributed by atoms with Gasteiger partial charge in [0.1, 0.15) is 0 Å². The summed E-state index contributed by atoms with van der Waals surface area (Å²) >= 11 is 3.12. The molecule has 0 aliphatic carbocycles. The fraction of sp³-hybridized carbons (Fsp3) is 0.429. The van der Waals surface area contributed by atoms with Crippen LogP contribution in [0.3, 0.4) is 0 Å². The second kappa shape index (κ2) is 5.71. The molecule has 0 saturated heterocycles. The van der Waals surface area contributed by atoms with Crippen molar-refractivity contribution < 1.29 is 9.59 Å². The Labute approximate surface area is 84.9 Å². The number of rotatable bonds is 4. The largest absolute Gasteiger partial charge is 0.351 e. The number of nitrogens with one attached hydrogen (secondary N) is 2. The summed E-state index contributed by atoms with van der Waals surface area (Å²) in [4.78, 5) is 21.3. The molecule has 3 amide bonds. The van der Waals surface area contributed by atoms with E-state index >= 15 is 0 Å². The topological polar surface area (TPSA) is 84.2 Å². The Morgan fingerprint density at radius 3 is 2.54 bits per heavy atom. The first kappa shape index (κ1) is 12.1. The van der Waals surface area contributed by atoms with E-state index in [1.807, 2.05) is 5.32 Å². The lowest BCUT2D eigenvalue weighted by atomic mass is 10.3. The second-order valence-electron chi connectivity index (χ2n) is 2.47. The number of halogens is 1. The smallest absolute Gasteiger partial charge is 0.318 e. The third-order valence-electron chi connectivity index (χ3n) is 1.24. The van der Waals surface area contributed by atoms with Crippen LogP contribution >= 0.6 is 15.9 Å². The minimum absolute atomic E-state index is 0.452. The number of hydrogen-bond donors (Lipinski definition) is 3. The highest BCUT2D eigenvalue weighted by Gasteiger charge is 2.12. The third kappa shape index (κ3) is 6.30. The molecule has 5 nitrogen and oxygen atoms in total. The van der Waals surface area contributed by atoms with Crippen LogP contribution in [0.2, 0.25) is 0 Å². The molecule has 4 N–H and O–H groups in total. The van der Waals surface area contributed by atoms with Gasteiger partial charge in [-0.1, -0.05) is 22.5 Å². The molecule has 0 aromatic rings. The average molecular weight is 250 g/mol. The zero-order valence-corrected chi connectivity index (χ0v) is 8.85. The maximum absolute atomic E-state index is 11.0. The van der Waals surface area contributed by atoms with Crippen LogP contribution in [0.1, 0.15) is 6.92 Å². The molecule has 0 saturated carbocycles. The van der Waals surface area contributed by atoms with Crippen molar-refractivity contribution in [1.29, 1.82) is 0 Å². The SMILES string of the molecule is C=C(Br)CNC(C)C(=O)NC(N)=O. The van der Waals surface area contributed by atoms with Gasteiger partial charge in [-0.3, -0.25) is 10.1 Å². The van der Waals surface area contributed by atoms with Crippen molar-refractivity contribution in [2.75, 3.05) is 6.54 Å². The van der Waals surface area contributed by atoms with Crippen LogP contribution in [0, 0.1) is 0 Å². The van der Waals surface area contributed by atoms with E-state index in [1.54, 1.807) is 6.92 Å². The first-order valence-corrected chi connectivity index (χ1v) is 4.39. The molecular formula is C7H12BrN3O2. The molecule has 1 atom stereocenters. The number of imide groups is 1. The number of amides is 3. The maximum Gasteiger partial charge on any atom is 0.318 e. The summed E-state index contributed by atoms with van der Waals surface area (Å²) in [5.74, 6) is -0.457. The van der Waals surface area contributed by atoms with E-state index in [1.165, 1.54) is 0 Å². The van der Waals surface area contributed by atoms with Crippen LogP contribution in [-0.2, 0) is 4.79 Å². The summed E-state index contributed by atoms with van der Waals surface area (Å²) in [6.45, 7) is 5.65. The van der Waals surface area contributed by atoms with Crippen LogP contribution in [0.5, 0.6) is 0 Å². The second-order valence-corrected chi connectivity index (χ2v) is 3.59.